The van der Waals surface area contributed by atoms with Crippen molar-refractivity contribution in [1.29, 1.82) is 0 Å². The van der Waals surface area contributed by atoms with Crippen LogP contribution in [-0.4, -0.2) is 53.5 Å². The Morgan fingerprint density at radius 2 is 2.08 bits per heavy atom. The highest BCUT2D eigenvalue weighted by molar-refractivity contribution is 6.02. The van der Waals surface area contributed by atoms with Crippen molar-refractivity contribution in [2.75, 3.05) is 29.9 Å². The van der Waals surface area contributed by atoms with Gasteiger partial charge in [0, 0.05) is 25.7 Å². The van der Waals surface area contributed by atoms with E-state index in [0.29, 0.717) is 36.0 Å². The van der Waals surface area contributed by atoms with E-state index in [-0.39, 0.29) is 11.8 Å². The summed E-state index contributed by atoms with van der Waals surface area (Å²) in [6.45, 7) is 1.34. The van der Waals surface area contributed by atoms with Gasteiger partial charge in [-0.15, -0.1) is 0 Å². The summed E-state index contributed by atoms with van der Waals surface area (Å²) in [5.74, 6) is 0.290. The van der Waals surface area contributed by atoms with Gasteiger partial charge >= 0.3 is 6.03 Å². The van der Waals surface area contributed by atoms with Crippen LogP contribution in [-0.2, 0) is 4.79 Å². The fraction of sp³-hybridized carbons (Fsp3) is 0.333. The van der Waals surface area contributed by atoms with Gasteiger partial charge in [0.1, 0.15) is 11.5 Å². The lowest BCUT2D eigenvalue weighted by atomic mass is 10.2. The number of hydrogen-bond acceptors (Lipinski definition) is 5. The molecule has 7 nitrogen and oxygen atoms in total. The lowest BCUT2D eigenvalue weighted by Gasteiger charge is -2.28. The molecule has 2 amide bonds. The molecule has 2 aliphatic heterocycles. The van der Waals surface area contributed by atoms with Crippen molar-refractivity contribution in [3.05, 3.63) is 36.3 Å². The van der Waals surface area contributed by atoms with Crippen molar-refractivity contribution in [2.24, 2.45) is 0 Å². The normalized spacial score (nSPS) is 19.0. The number of aldehydes is 1. The molecule has 1 fully saturated rings. The highest BCUT2D eigenvalue weighted by atomic mass is 19.1. The van der Waals surface area contributed by atoms with Gasteiger partial charge in [0.05, 0.1) is 6.20 Å². The number of rotatable bonds is 2. The summed E-state index contributed by atoms with van der Waals surface area (Å²) in [4.78, 5) is 38.2. The van der Waals surface area contributed by atoms with Crippen LogP contribution in [0.15, 0.2) is 30.5 Å². The number of fused-ring (bicyclic) bond motifs is 1. The Morgan fingerprint density at radius 1 is 1.31 bits per heavy atom. The van der Waals surface area contributed by atoms with E-state index in [2.05, 4.69) is 9.97 Å². The number of amides is 2. The van der Waals surface area contributed by atoms with E-state index >= 15 is 0 Å². The highest BCUT2D eigenvalue weighted by Gasteiger charge is 2.41. The predicted molar refractivity (Wildman–Crippen MR) is 94.4 cm³/mol. The molecular weight excluding hydrogens is 337 g/mol. The number of likely N-dealkylation sites (N-methyl/N-ethyl adjacent to an activating group) is 1. The highest BCUT2D eigenvalue weighted by Crippen LogP contribution is 2.38. The smallest absolute Gasteiger partial charge is 0.327 e. The predicted octanol–water partition coefficient (Wildman–Crippen LogP) is 2.28. The van der Waals surface area contributed by atoms with E-state index in [9.17, 15) is 14.0 Å². The van der Waals surface area contributed by atoms with Crippen LogP contribution in [0.4, 0.5) is 20.7 Å². The summed E-state index contributed by atoms with van der Waals surface area (Å²) in [5.41, 5.74) is 1.10. The summed E-state index contributed by atoms with van der Waals surface area (Å²) in [7, 11) is 1.72. The molecule has 26 heavy (non-hydrogen) atoms. The average Bonchev–Trinajstić information content (AvgIpc) is 3.27. The van der Waals surface area contributed by atoms with Crippen molar-refractivity contribution in [1.82, 2.24) is 14.9 Å². The number of halogens is 1. The first-order valence-electron chi connectivity index (χ1n) is 8.49. The molecule has 0 N–H and O–H groups in total. The lowest BCUT2D eigenvalue weighted by Crippen LogP contribution is -2.51. The number of carbonyl (C=O) groups excluding carboxylic acids is 2. The zero-order valence-corrected chi connectivity index (χ0v) is 14.3. The molecule has 1 aromatic heterocycles. The topological polar surface area (TPSA) is 69.6 Å². The van der Waals surface area contributed by atoms with Crippen LogP contribution in [0, 0.1) is 5.82 Å². The number of hydrogen-bond donors (Lipinski definition) is 0. The lowest BCUT2D eigenvalue weighted by molar-refractivity contribution is -0.108. The number of aromatic nitrogens is 2. The van der Waals surface area contributed by atoms with Crippen LogP contribution in [0.1, 0.15) is 12.8 Å². The summed E-state index contributed by atoms with van der Waals surface area (Å²) in [5, 5.41) is 0. The molecule has 1 atom stereocenters. The van der Waals surface area contributed by atoms with Crippen LogP contribution >= 0.6 is 0 Å². The second kappa shape index (κ2) is 6.36. The molecule has 0 bridgehead atoms. The molecule has 2 aliphatic rings. The van der Waals surface area contributed by atoms with E-state index in [0.717, 1.165) is 19.1 Å². The number of benzene rings is 1. The Hall–Kier alpha value is -3.03. The summed E-state index contributed by atoms with van der Waals surface area (Å²) < 4.78 is 13.5. The maximum absolute atomic E-state index is 13.5. The van der Waals surface area contributed by atoms with Crippen molar-refractivity contribution >= 4 is 23.8 Å². The Bertz CT molecular complexity index is 868. The fourth-order valence-electron chi connectivity index (χ4n) is 3.42. The van der Waals surface area contributed by atoms with Crippen molar-refractivity contribution in [2.45, 2.75) is 19.0 Å². The van der Waals surface area contributed by atoms with E-state index in [1.807, 2.05) is 0 Å². The molecule has 0 spiro atoms. The standard InChI is InChI=1S/C18H18FN5O2/c1-22-14-10-20-16(12-5-4-6-13(19)9-12)21-17(14)24(15(22)11-25)18(26)23-7-2-3-8-23/h4-6,9-11,15H,2-3,7-8H2,1H3. The minimum atomic E-state index is -0.768. The molecule has 0 aliphatic carbocycles. The minimum absolute atomic E-state index is 0.242. The summed E-state index contributed by atoms with van der Waals surface area (Å²) >= 11 is 0. The molecule has 2 aromatic rings. The van der Waals surface area contributed by atoms with Gasteiger partial charge < -0.3 is 9.80 Å². The van der Waals surface area contributed by atoms with Crippen molar-refractivity contribution in [3.8, 4) is 11.4 Å². The quantitative estimate of drug-likeness (QED) is 0.773. The molecule has 3 heterocycles. The molecule has 1 unspecified atom stereocenters. The third kappa shape index (κ3) is 2.58. The number of anilines is 2. The van der Waals surface area contributed by atoms with Crippen molar-refractivity contribution < 1.29 is 14.0 Å². The Morgan fingerprint density at radius 3 is 2.77 bits per heavy atom. The Kier molecular flexibility index (Phi) is 4.02. The third-order valence-electron chi connectivity index (χ3n) is 4.81. The van der Waals surface area contributed by atoms with Gasteiger partial charge in [-0.2, -0.15) is 0 Å². The van der Waals surface area contributed by atoms with Gasteiger partial charge in [0.15, 0.2) is 24.1 Å². The first-order valence-corrected chi connectivity index (χ1v) is 8.49. The van der Waals surface area contributed by atoms with Gasteiger partial charge in [0.25, 0.3) is 0 Å². The van der Waals surface area contributed by atoms with Gasteiger partial charge in [-0.05, 0) is 25.0 Å². The van der Waals surface area contributed by atoms with E-state index in [1.165, 1.54) is 17.0 Å². The maximum Gasteiger partial charge on any atom is 0.327 e. The SMILES string of the molecule is CN1c2cnc(-c3cccc(F)c3)nc2N(C(=O)N2CCCC2)C1C=O. The Balaban J connectivity index is 1.78. The number of carbonyl (C=O) groups is 2. The van der Waals surface area contributed by atoms with Crippen LogP contribution in [0.5, 0.6) is 0 Å². The van der Waals surface area contributed by atoms with Gasteiger partial charge in [-0.1, -0.05) is 12.1 Å². The van der Waals surface area contributed by atoms with Crippen LogP contribution in [0.3, 0.4) is 0 Å². The average molecular weight is 355 g/mol. The van der Waals surface area contributed by atoms with E-state index in [1.54, 1.807) is 35.2 Å². The van der Waals surface area contributed by atoms with Gasteiger partial charge in [0.2, 0.25) is 0 Å². The second-order valence-electron chi connectivity index (χ2n) is 6.42. The van der Waals surface area contributed by atoms with Crippen molar-refractivity contribution in [3.63, 3.8) is 0 Å². The molecule has 8 heteroatoms. The van der Waals surface area contributed by atoms with Crippen LogP contribution in [0.25, 0.3) is 11.4 Å². The monoisotopic (exact) mass is 355 g/mol. The number of likely N-dealkylation sites (tertiary alicyclic amines) is 1. The largest absolute Gasteiger partial charge is 0.344 e. The Labute approximate surface area is 150 Å². The zero-order valence-electron chi connectivity index (χ0n) is 14.3. The summed E-state index contributed by atoms with van der Waals surface area (Å²) in [6, 6.07) is 5.72. The van der Waals surface area contributed by atoms with Gasteiger partial charge in [-0.25, -0.2) is 24.1 Å². The molecule has 0 radical (unpaired) electrons. The van der Waals surface area contributed by atoms with Gasteiger partial charge in [-0.3, -0.25) is 4.79 Å². The molecule has 1 saturated heterocycles. The minimum Gasteiger partial charge on any atom is -0.344 e. The molecule has 134 valence electrons. The van der Waals surface area contributed by atoms with E-state index in [4.69, 9.17) is 0 Å². The maximum atomic E-state index is 13.5. The van der Waals surface area contributed by atoms with E-state index < -0.39 is 6.17 Å². The second-order valence-corrected chi connectivity index (χ2v) is 6.42. The molecule has 4 rings (SSSR count). The summed E-state index contributed by atoms with van der Waals surface area (Å²) in [6.07, 6.45) is 3.42. The first kappa shape index (κ1) is 16.4. The molecule has 1 aromatic carbocycles. The number of urea groups is 1. The van der Waals surface area contributed by atoms with Crippen LogP contribution < -0.4 is 9.80 Å². The van der Waals surface area contributed by atoms with Crippen LogP contribution in [0.2, 0.25) is 0 Å². The third-order valence-corrected chi connectivity index (χ3v) is 4.81. The molecular formula is C18H18FN5O2. The molecule has 0 saturated carbocycles. The first-order chi connectivity index (χ1) is 12.6. The fourth-order valence-corrected chi connectivity index (χ4v) is 3.42. The number of nitrogens with zero attached hydrogens (tertiary/aromatic N) is 5. The zero-order chi connectivity index (χ0) is 18.3.